The maximum Gasteiger partial charge on any atom is 0.494 e. The van der Waals surface area contributed by atoms with Gasteiger partial charge in [-0.25, -0.2) is 0 Å². The second kappa shape index (κ2) is 4.68. The molecule has 0 spiro atoms. The molecule has 0 N–H and O–H groups in total. The third kappa shape index (κ3) is 2.38. The summed E-state index contributed by atoms with van der Waals surface area (Å²) < 4.78 is 17.2. The van der Waals surface area contributed by atoms with Gasteiger partial charge in [-0.1, -0.05) is 12.1 Å². The van der Waals surface area contributed by atoms with Crippen molar-refractivity contribution >= 4 is 23.5 Å². The van der Waals surface area contributed by atoms with Crippen LogP contribution in [0, 0.1) is 0 Å². The molecule has 1 aliphatic rings. The van der Waals surface area contributed by atoms with Crippen LogP contribution in [0.1, 0.15) is 27.7 Å². The summed E-state index contributed by atoms with van der Waals surface area (Å²) in [7, 11) is 1.19. The van der Waals surface area contributed by atoms with Crippen LogP contribution in [0.3, 0.4) is 0 Å². The van der Waals surface area contributed by atoms with E-state index >= 15 is 0 Å². The Balaban J connectivity index is 1.96. The topological polar surface area (TPSA) is 53.5 Å². The van der Waals surface area contributed by atoms with Gasteiger partial charge in [-0.15, -0.1) is 10.2 Å². The Bertz CT molecular complexity index is 672. The smallest absolute Gasteiger partial charge is 0.480 e. The minimum atomic E-state index is -0.386. The van der Waals surface area contributed by atoms with Crippen LogP contribution in [0.2, 0.25) is 0 Å². The Morgan fingerprint density at radius 2 is 1.67 bits per heavy atom. The molecule has 1 aromatic heterocycles. The van der Waals surface area contributed by atoms with E-state index in [1.807, 2.05) is 52.0 Å². The van der Waals surface area contributed by atoms with Crippen molar-refractivity contribution < 1.29 is 14.0 Å². The van der Waals surface area contributed by atoms with Crippen molar-refractivity contribution in [3.8, 4) is 5.88 Å². The number of rotatable bonds is 2. The van der Waals surface area contributed by atoms with Crippen LogP contribution in [0.4, 0.5) is 0 Å². The van der Waals surface area contributed by atoms with E-state index < -0.39 is 0 Å². The van der Waals surface area contributed by atoms with Gasteiger partial charge in [-0.3, -0.25) is 0 Å². The highest BCUT2D eigenvalue weighted by molar-refractivity contribution is 6.62. The lowest BCUT2D eigenvalue weighted by Crippen LogP contribution is -2.41. The fraction of sp³-hybridized carbons (Fsp3) is 0.467. The number of aromatic nitrogens is 2. The predicted molar refractivity (Wildman–Crippen MR) is 81.8 cm³/mol. The minimum Gasteiger partial charge on any atom is -0.480 e. The van der Waals surface area contributed by atoms with Crippen LogP contribution < -0.4 is 10.2 Å². The van der Waals surface area contributed by atoms with Gasteiger partial charge < -0.3 is 14.0 Å². The molecule has 0 atom stereocenters. The molecule has 2 aromatic rings. The number of hydrogen-bond acceptors (Lipinski definition) is 5. The molecule has 2 heterocycles. The minimum absolute atomic E-state index is 0.349. The van der Waals surface area contributed by atoms with Crippen molar-refractivity contribution in [1.82, 2.24) is 10.2 Å². The summed E-state index contributed by atoms with van der Waals surface area (Å²) in [6.07, 6.45) is 0. The third-order valence-electron chi connectivity index (χ3n) is 4.32. The van der Waals surface area contributed by atoms with E-state index in [1.165, 1.54) is 0 Å². The fourth-order valence-corrected chi connectivity index (χ4v) is 2.26. The van der Waals surface area contributed by atoms with E-state index in [0.29, 0.717) is 5.88 Å². The van der Waals surface area contributed by atoms with E-state index in [0.717, 1.165) is 16.4 Å². The zero-order valence-corrected chi connectivity index (χ0v) is 13.0. The first kappa shape index (κ1) is 14.3. The molecule has 0 bridgehead atoms. The molecule has 0 radical (unpaired) electrons. The zero-order valence-electron chi connectivity index (χ0n) is 13.0. The van der Waals surface area contributed by atoms with Gasteiger partial charge in [0.05, 0.1) is 23.8 Å². The molecule has 1 fully saturated rings. The summed E-state index contributed by atoms with van der Waals surface area (Å²) in [6, 6.07) is 7.78. The van der Waals surface area contributed by atoms with Gasteiger partial charge in [0.1, 0.15) is 0 Å². The lowest BCUT2D eigenvalue weighted by atomic mass is 9.79. The number of benzene rings is 1. The maximum atomic E-state index is 6.05. The molecule has 0 saturated carbocycles. The van der Waals surface area contributed by atoms with Crippen LogP contribution in [-0.2, 0) is 9.31 Å². The Labute approximate surface area is 124 Å². The molecule has 1 aromatic carbocycles. The first-order chi connectivity index (χ1) is 9.82. The molecule has 110 valence electrons. The summed E-state index contributed by atoms with van der Waals surface area (Å²) in [5, 5.41) is 9.14. The second-order valence-corrected chi connectivity index (χ2v) is 6.29. The summed E-state index contributed by atoms with van der Waals surface area (Å²) in [4.78, 5) is 0. The van der Waals surface area contributed by atoms with Crippen molar-refractivity contribution in [2.75, 3.05) is 7.11 Å². The first-order valence-corrected chi connectivity index (χ1v) is 6.99. The van der Waals surface area contributed by atoms with Crippen molar-refractivity contribution in [2.45, 2.75) is 38.9 Å². The summed E-state index contributed by atoms with van der Waals surface area (Å²) >= 11 is 0. The lowest BCUT2D eigenvalue weighted by Gasteiger charge is -2.32. The number of hydrogen-bond donors (Lipinski definition) is 0. The molecule has 1 aliphatic heterocycles. The summed E-state index contributed by atoms with van der Waals surface area (Å²) in [5.74, 6) is 0.505. The monoisotopic (exact) mass is 286 g/mol. The normalized spacial score (nSPS) is 20.0. The van der Waals surface area contributed by atoms with Crippen molar-refractivity contribution in [2.24, 2.45) is 0 Å². The van der Waals surface area contributed by atoms with Crippen LogP contribution in [0.5, 0.6) is 5.88 Å². The maximum absolute atomic E-state index is 6.05. The van der Waals surface area contributed by atoms with Gasteiger partial charge in [0, 0.05) is 11.5 Å². The molecular formula is C15H19BN2O3. The quantitative estimate of drug-likeness (QED) is 0.790. The fourth-order valence-electron chi connectivity index (χ4n) is 2.26. The average Bonchev–Trinajstić information content (AvgIpc) is 2.66. The molecule has 1 saturated heterocycles. The molecule has 0 amide bonds. The van der Waals surface area contributed by atoms with Gasteiger partial charge in [-0.05, 0) is 39.2 Å². The standard InChI is InChI=1S/C15H19BN2O3/c1-14(2)15(3,4)21-16(20-14)11-7-6-10-8-13(19-5)18-17-12(10)9-11/h6-9H,1-5H3. The highest BCUT2D eigenvalue weighted by atomic mass is 16.7. The van der Waals surface area contributed by atoms with Crippen LogP contribution in [0.25, 0.3) is 10.9 Å². The van der Waals surface area contributed by atoms with Gasteiger partial charge in [0.2, 0.25) is 5.88 Å². The van der Waals surface area contributed by atoms with Crippen molar-refractivity contribution in [3.63, 3.8) is 0 Å². The van der Waals surface area contributed by atoms with Crippen LogP contribution >= 0.6 is 0 Å². The van der Waals surface area contributed by atoms with E-state index in [2.05, 4.69) is 10.2 Å². The van der Waals surface area contributed by atoms with E-state index in [1.54, 1.807) is 7.11 Å². The Hall–Kier alpha value is -1.66. The molecular weight excluding hydrogens is 267 g/mol. The molecule has 3 rings (SSSR count). The van der Waals surface area contributed by atoms with E-state index in [9.17, 15) is 0 Å². The molecule has 21 heavy (non-hydrogen) atoms. The van der Waals surface area contributed by atoms with E-state index in [-0.39, 0.29) is 18.3 Å². The molecule has 0 aliphatic carbocycles. The number of ether oxygens (including phenoxy) is 1. The predicted octanol–water partition coefficient (Wildman–Crippen LogP) is 1.94. The summed E-state index contributed by atoms with van der Waals surface area (Å²) in [6.45, 7) is 8.16. The van der Waals surface area contributed by atoms with Gasteiger partial charge in [0.25, 0.3) is 0 Å². The molecule has 5 nitrogen and oxygen atoms in total. The van der Waals surface area contributed by atoms with Gasteiger partial charge in [0.15, 0.2) is 0 Å². The van der Waals surface area contributed by atoms with Crippen LogP contribution in [-0.4, -0.2) is 35.6 Å². The molecule has 6 heteroatoms. The number of nitrogens with zero attached hydrogens (tertiary/aromatic N) is 2. The lowest BCUT2D eigenvalue weighted by molar-refractivity contribution is 0.00578. The van der Waals surface area contributed by atoms with Gasteiger partial charge >= 0.3 is 7.12 Å². The van der Waals surface area contributed by atoms with Gasteiger partial charge in [-0.2, -0.15) is 0 Å². The van der Waals surface area contributed by atoms with Crippen LogP contribution in [0.15, 0.2) is 24.3 Å². The number of fused-ring (bicyclic) bond motifs is 1. The largest absolute Gasteiger partial charge is 0.494 e. The van der Waals surface area contributed by atoms with Crippen molar-refractivity contribution in [3.05, 3.63) is 24.3 Å². The van der Waals surface area contributed by atoms with Crippen molar-refractivity contribution in [1.29, 1.82) is 0 Å². The highest BCUT2D eigenvalue weighted by Gasteiger charge is 2.51. The Morgan fingerprint density at radius 1 is 1.00 bits per heavy atom. The Kier molecular flexibility index (Phi) is 3.18. The average molecular weight is 286 g/mol. The zero-order chi connectivity index (χ0) is 15.3. The number of methoxy groups -OCH3 is 1. The SMILES string of the molecule is COc1cc2ccc(B3OC(C)(C)C(C)(C)O3)cc2nn1. The first-order valence-electron chi connectivity index (χ1n) is 6.99. The van der Waals surface area contributed by atoms with E-state index in [4.69, 9.17) is 14.0 Å². The third-order valence-corrected chi connectivity index (χ3v) is 4.32. The highest BCUT2D eigenvalue weighted by Crippen LogP contribution is 2.36. The summed E-state index contributed by atoms with van der Waals surface area (Å²) in [5.41, 5.74) is 1.04. The second-order valence-electron chi connectivity index (χ2n) is 6.29. The Morgan fingerprint density at radius 3 is 2.29 bits per heavy atom. The molecule has 0 unspecified atom stereocenters.